The predicted molar refractivity (Wildman–Crippen MR) is 63.9 cm³/mol. The zero-order chi connectivity index (χ0) is 11.1. The number of nitrogens with one attached hydrogen (secondary N) is 1. The van der Waals surface area contributed by atoms with Gasteiger partial charge in [0, 0.05) is 18.9 Å². The largest absolute Gasteiger partial charge is 0.314 e. The normalized spacial score (nSPS) is 13.3. The van der Waals surface area contributed by atoms with Crippen LogP contribution >= 0.6 is 0 Å². The van der Waals surface area contributed by atoms with Gasteiger partial charge >= 0.3 is 0 Å². The predicted octanol–water partition coefficient (Wildman–Crippen LogP) is 2.47. The summed E-state index contributed by atoms with van der Waals surface area (Å²) in [5.41, 5.74) is 0. The summed E-state index contributed by atoms with van der Waals surface area (Å²) in [6.07, 6.45) is 6.29. The molecule has 1 aromatic heterocycles. The van der Waals surface area contributed by atoms with E-state index in [1.165, 1.54) is 12.8 Å². The second kappa shape index (κ2) is 6.62. The fourth-order valence-electron chi connectivity index (χ4n) is 1.70. The van der Waals surface area contributed by atoms with E-state index in [9.17, 15) is 0 Å². The van der Waals surface area contributed by atoms with Crippen LogP contribution in [0.4, 0.5) is 0 Å². The molecule has 0 fully saturated rings. The zero-order valence-electron chi connectivity index (χ0n) is 10.1. The van der Waals surface area contributed by atoms with E-state index in [0.29, 0.717) is 12.0 Å². The highest BCUT2D eigenvalue weighted by molar-refractivity contribution is 4.82. The van der Waals surface area contributed by atoms with E-state index < -0.39 is 0 Å². The first-order valence-corrected chi connectivity index (χ1v) is 5.93. The van der Waals surface area contributed by atoms with E-state index >= 15 is 0 Å². The summed E-state index contributed by atoms with van der Waals surface area (Å²) < 4.78 is 2.07. The first-order chi connectivity index (χ1) is 7.24. The van der Waals surface area contributed by atoms with Crippen LogP contribution < -0.4 is 5.32 Å². The molecule has 86 valence electrons. The Hall–Kier alpha value is -0.830. The van der Waals surface area contributed by atoms with Gasteiger partial charge in [0.1, 0.15) is 0 Å². The second-order valence-electron chi connectivity index (χ2n) is 4.48. The molecule has 1 N–H and O–H groups in total. The van der Waals surface area contributed by atoms with Crippen molar-refractivity contribution in [3.05, 3.63) is 18.5 Å². The fraction of sp³-hybridized carbons (Fsp3) is 0.750. The minimum absolute atomic E-state index is 0.503. The maximum atomic E-state index is 4.31. The van der Waals surface area contributed by atoms with E-state index in [1.54, 1.807) is 0 Å². The summed E-state index contributed by atoms with van der Waals surface area (Å²) in [6, 6.07) is 2.49. The molecule has 0 aliphatic rings. The van der Waals surface area contributed by atoms with Crippen LogP contribution in [0.5, 0.6) is 0 Å². The Labute approximate surface area is 92.9 Å². The molecule has 0 spiro atoms. The van der Waals surface area contributed by atoms with Crippen LogP contribution in [0.3, 0.4) is 0 Å². The number of rotatable bonds is 7. The van der Waals surface area contributed by atoms with Crippen molar-refractivity contribution in [2.75, 3.05) is 13.1 Å². The molecule has 0 saturated carbocycles. The molecule has 1 aromatic rings. The Kier molecular flexibility index (Phi) is 5.40. The zero-order valence-corrected chi connectivity index (χ0v) is 10.1. The van der Waals surface area contributed by atoms with Gasteiger partial charge in [-0.1, -0.05) is 27.2 Å². The molecular weight excluding hydrogens is 186 g/mol. The van der Waals surface area contributed by atoms with Crippen molar-refractivity contribution in [2.45, 2.75) is 39.7 Å². The summed E-state index contributed by atoms with van der Waals surface area (Å²) >= 11 is 0. The third-order valence-electron chi connectivity index (χ3n) is 2.45. The first-order valence-electron chi connectivity index (χ1n) is 5.93. The standard InChI is InChI=1S/C12H23N3/c1-4-6-12(10-13-9-11(2)3)15-8-5-7-14-15/h5,7-8,11-13H,4,6,9-10H2,1-3H3. The molecular formula is C12H23N3. The minimum Gasteiger partial charge on any atom is -0.314 e. The molecule has 0 aliphatic carbocycles. The lowest BCUT2D eigenvalue weighted by Crippen LogP contribution is -2.28. The maximum absolute atomic E-state index is 4.31. The smallest absolute Gasteiger partial charge is 0.0643 e. The highest BCUT2D eigenvalue weighted by atomic mass is 15.3. The monoisotopic (exact) mass is 209 g/mol. The Morgan fingerprint density at radius 2 is 2.13 bits per heavy atom. The molecule has 3 heteroatoms. The highest BCUT2D eigenvalue weighted by Crippen LogP contribution is 2.11. The average Bonchev–Trinajstić information content (AvgIpc) is 2.68. The third kappa shape index (κ3) is 4.47. The van der Waals surface area contributed by atoms with Gasteiger partial charge in [-0.25, -0.2) is 0 Å². The van der Waals surface area contributed by atoms with Crippen LogP contribution in [0.25, 0.3) is 0 Å². The van der Waals surface area contributed by atoms with Gasteiger partial charge in [0.25, 0.3) is 0 Å². The van der Waals surface area contributed by atoms with Gasteiger partial charge in [0.15, 0.2) is 0 Å². The van der Waals surface area contributed by atoms with Crippen LogP contribution in [0, 0.1) is 5.92 Å². The van der Waals surface area contributed by atoms with Crippen molar-refractivity contribution in [2.24, 2.45) is 5.92 Å². The molecule has 1 rings (SSSR count). The minimum atomic E-state index is 0.503. The molecule has 3 nitrogen and oxygen atoms in total. The van der Waals surface area contributed by atoms with E-state index in [1.807, 2.05) is 12.3 Å². The topological polar surface area (TPSA) is 29.9 Å². The number of nitrogens with zero attached hydrogens (tertiary/aromatic N) is 2. The average molecular weight is 209 g/mol. The molecule has 0 saturated heterocycles. The third-order valence-corrected chi connectivity index (χ3v) is 2.45. The van der Waals surface area contributed by atoms with Crippen LogP contribution in [0.15, 0.2) is 18.5 Å². The molecule has 0 aromatic carbocycles. The summed E-state index contributed by atoms with van der Waals surface area (Å²) in [5.74, 6) is 0.713. The van der Waals surface area contributed by atoms with Gasteiger partial charge in [-0.2, -0.15) is 5.10 Å². The quantitative estimate of drug-likeness (QED) is 0.747. The van der Waals surface area contributed by atoms with Crippen LogP contribution in [0.2, 0.25) is 0 Å². The van der Waals surface area contributed by atoms with Crippen molar-refractivity contribution in [3.63, 3.8) is 0 Å². The molecule has 0 aliphatic heterocycles. The van der Waals surface area contributed by atoms with Gasteiger partial charge in [-0.3, -0.25) is 4.68 Å². The van der Waals surface area contributed by atoms with E-state index in [4.69, 9.17) is 0 Å². The van der Waals surface area contributed by atoms with Crippen molar-refractivity contribution < 1.29 is 0 Å². The summed E-state index contributed by atoms with van der Waals surface area (Å²) in [6.45, 7) is 8.79. The molecule has 0 amide bonds. The Morgan fingerprint density at radius 3 is 2.67 bits per heavy atom. The fourth-order valence-corrected chi connectivity index (χ4v) is 1.70. The van der Waals surface area contributed by atoms with Gasteiger partial charge in [0.05, 0.1) is 6.04 Å². The van der Waals surface area contributed by atoms with Crippen molar-refractivity contribution in [1.29, 1.82) is 0 Å². The Bertz CT molecular complexity index is 241. The SMILES string of the molecule is CCCC(CNCC(C)C)n1cccn1. The van der Waals surface area contributed by atoms with Crippen molar-refractivity contribution in [3.8, 4) is 0 Å². The molecule has 15 heavy (non-hydrogen) atoms. The molecule has 0 radical (unpaired) electrons. The lowest BCUT2D eigenvalue weighted by atomic mass is 10.1. The van der Waals surface area contributed by atoms with E-state index in [0.717, 1.165) is 13.1 Å². The first kappa shape index (κ1) is 12.2. The second-order valence-corrected chi connectivity index (χ2v) is 4.48. The molecule has 0 bridgehead atoms. The summed E-state index contributed by atoms with van der Waals surface area (Å²) in [7, 11) is 0. The highest BCUT2D eigenvalue weighted by Gasteiger charge is 2.09. The number of aromatic nitrogens is 2. The maximum Gasteiger partial charge on any atom is 0.0643 e. The lowest BCUT2D eigenvalue weighted by molar-refractivity contribution is 0.385. The Balaban J connectivity index is 2.38. The van der Waals surface area contributed by atoms with Gasteiger partial charge in [-0.15, -0.1) is 0 Å². The summed E-state index contributed by atoms with van der Waals surface area (Å²) in [4.78, 5) is 0. The van der Waals surface area contributed by atoms with Crippen molar-refractivity contribution >= 4 is 0 Å². The van der Waals surface area contributed by atoms with Gasteiger partial charge in [0.2, 0.25) is 0 Å². The molecule has 1 atom stereocenters. The van der Waals surface area contributed by atoms with E-state index in [2.05, 4.69) is 42.1 Å². The molecule has 1 heterocycles. The van der Waals surface area contributed by atoms with Crippen LogP contribution in [-0.4, -0.2) is 22.9 Å². The van der Waals surface area contributed by atoms with Crippen LogP contribution in [0.1, 0.15) is 39.7 Å². The molecule has 1 unspecified atom stereocenters. The number of hydrogen-bond acceptors (Lipinski definition) is 2. The van der Waals surface area contributed by atoms with Gasteiger partial charge < -0.3 is 5.32 Å². The number of hydrogen-bond donors (Lipinski definition) is 1. The van der Waals surface area contributed by atoms with E-state index in [-0.39, 0.29) is 0 Å². The van der Waals surface area contributed by atoms with Gasteiger partial charge in [-0.05, 0) is 24.9 Å². The summed E-state index contributed by atoms with van der Waals surface area (Å²) in [5, 5.41) is 7.81. The van der Waals surface area contributed by atoms with Crippen molar-refractivity contribution in [1.82, 2.24) is 15.1 Å². The Morgan fingerprint density at radius 1 is 1.33 bits per heavy atom. The lowest BCUT2D eigenvalue weighted by Gasteiger charge is -2.18. The van der Waals surface area contributed by atoms with Crippen LogP contribution in [-0.2, 0) is 0 Å².